The first-order chi connectivity index (χ1) is 17.0. The molecule has 2 heterocycles. The molecule has 0 aliphatic heterocycles. The van der Waals surface area contributed by atoms with Crippen molar-refractivity contribution >= 4 is 34.5 Å². The van der Waals surface area contributed by atoms with Crippen LogP contribution in [-0.4, -0.2) is 45.6 Å². The molecule has 186 valence electrons. The van der Waals surface area contributed by atoms with Crippen molar-refractivity contribution < 1.29 is 14.5 Å². The fourth-order valence-corrected chi connectivity index (χ4v) is 4.47. The first-order valence-electron chi connectivity index (χ1n) is 12.6. The maximum absolute atomic E-state index is 11.9. The van der Waals surface area contributed by atoms with E-state index in [-0.39, 0.29) is 5.91 Å². The van der Waals surface area contributed by atoms with Crippen molar-refractivity contribution in [3.05, 3.63) is 30.1 Å². The molecule has 5 rings (SSSR count). The second-order valence-corrected chi connectivity index (χ2v) is 9.75. The number of fused-ring (bicyclic) bond motifs is 1. The van der Waals surface area contributed by atoms with Gasteiger partial charge in [-0.1, -0.05) is 24.2 Å². The summed E-state index contributed by atoms with van der Waals surface area (Å²) in [6.07, 6.45) is 10.2. The van der Waals surface area contributed by atoms with Crippen molar-refractivity contribution in [3.8, 4) is 5.75 Å². The molecule has 0 unspecified atom stereocenters. The lowest BCUT2D eigenvalue weighted by Gasteiger charge is -2.23. The molecule has 2 saturated carbocycles. The van der Waals surface area contributed by atoms with Crippen LogP contribution < -0.4 is 31.4 Å². The van der Waals surface area contributed by atoms with Gasteiger partial charge in [-0.05, 0) is 62.8 Å². The number of hydrogen-bond donors (Lipinski definition) is 5. The topological polar surface area (TPSA) is 144 Å². The van der Waals surface area contributed by atoms with E-state index in [9.17, 15) is 4.79 Å². The van der Waals surface area contributed by atoms with E-state index in [0.29, 0.717) is 25.1 Å². The van der Waals surface area contributed by atoms with Crippen LogP contribution in [0.3, 0.4) is 0 Å². The zero-order valence-electron chi connectivity index (χ0n) is 20.2. The van der Waals surface area contributed by atoms with E-state index < -0.39 is 5.54 Å². The highest BCUT2D eigenvalue weighted by atomic mass is 16.5. The Morgan fingerprint density at radius 2 is 2.09 bits per heavy atom. The predicted octanol–water partition coefficient (Wildman–Crippen LogP) is 2.95. The summed E-state index contributed by atoms with van der Waals surface area (Å²) in [5, 5.41) is 9.86. The third-order valence-corrected chi connectivity index (χ3v) is 6.84. The Morgan fingerprint density at radius 3 is 2.86 bits per heavy atom. The average molecular weight is 480 g/mol. The van der Waals surface area contributed by atoms with E-state index in [1.807, 2.05) is 25.1 Å². The van der Waals surface area contributed by atoms with Gasteiger partial charge in [-0.3, -0.25) is 9.78 Å². The van der Waals surface area contributed by atoms with E-state index in [1.165, 1.54) is 32.1 Å². The summed E-state index contributed by atoms with van der Waals surface area (Å²) in [5.74, 6) is 2.08. The SMILES string of the molecule is Cc1cc(OCCCNC(=O)C2(N)CC2)ccc1Nc1nc(NC2CCCCC2)c2[nH]c[nH+]c2n1. The lowest BCUT2D eigenvalue weighted by molar-refractivity contribution is -0.347. The minimum absolute atomic E-state index is 0.0569. The third kappa shape index (κ3) is 5.64. The zero-order chi connectivity index (χ0) is 24.3. The summed E-state index contributed by atoms with van der Waals surface area (Å²) in [5.41, 5.74) is 8.85. The van der Waals surface area contributed by atoms with Gasteiger partial charge in [0.25, 0.3) is 0 Å². The molecule has 1 aromatic carbocycles. The van der Waals surface area contributed by atoms with Crippen LogP contribution >= 0.6 is 0 Å². The number of amides is 1. The number of H-pyrrole nitrogens is 2. The minimum Gasteiger partial charge on any atom is -0.494 e. The molecule has 2 aliphatic carbocycles. The number of carbonyl (C=O) groups is 1. The standard InChI is InChI=1S/C25H34N8O2/c1-16-14-18(35-13-5-12-27-23(34)25(26)10-11-25)8-9-19(16)31-24-32-21-20(28-15-29-21)22(33-24)30-17-6-3-2-4-7-17/h8-9,14-15,17H,2-7,10-13,26H2,1H3,(H,27,34)(H3,28,29,30,31,32,33)/p+1. The summed E-state index contributed by atoms with van der Waals surface area (Å²) in [7, 11) is 0. The van der Waals surface area contributed by atoms with E-state index in [1.54, 1.807) is 6.33 Å². The van der Waals surface area contributed by atoms with Crippen molar-refractivity contribution in [3.63, 3.8) is 0 Å². The van der Waals surface area contributed by atoms with E-state index in [4.69, 9.17) is 15.5 Å². The van der Waals surface area contributed by atoms with Crippen LogP contribution in [0.1, 0.15) is 56.9 Å². The number of rotatable bonds is 10. The van der Waals surface area contributed by atoms with Crippen molar-refractivity contribution in [2.24, 2.45) is 5.73 Å². The highest BCUT2D eigenvalue weighted by molar-refractivity contribution is 5.88. The number of benzene rings is 1. The molecule has 0 saturated heterocycles. The minimum atomic E-state index is -0.624. The maximum atomic E-state index is 11.9. The number of aryl methyl sites for hydroxylation is 1. The van der Waals surface area contributed by atoms with Gasteiger partial charge in [0, 0.05) is 18.3 Å². The summed E-state index contributed by atoms with van der Waals surface area (Å²) in [6, 6.07) is 6.33. The molecule has 2 aromatic heterocycles. The van der Waals surface area contributed by atoms with Crippen LogP contribution in [0.4, 0.5) is 17.5 Å². The van der Waals surface area contributed by atoms with Gasteiger partial charge in [0.15, 0.2) is 12.1 Å². The Balaban J connectivity index is 1.18. The number of nitrogens with two attached hydrogens (primary N) is 1. The number of nitrogens with one attached hydrogen (secondary N) is 5. The van der Waals surface area contributed by atoms with Gasteiger partial charge >= 0.3 is 11.6 Å². The highest BCUT2D eigenvalue weighted by Crippen LogP contribution is 2.32. The van der Waals surface area contributed by atoms with Gasteiger partial charge in [-0.15, -0.1) is 0 Å². The number of carbonyl (C=O) groups excluding carboxylic acids is 1. The Labute approximate surface area is 204 Å². The third-order valence-electron chi connectivity index (χ3n) is 6.84. The fourth-order valence-electron chi connectivity index (χ4n) is 4.47. The number of nitrogens with zero attached hydrogens (tertiary/aromatic N) is 2. The lowest BCUT2D eigenvalue weighted by atomic mass is 9.95. The monoisotopic (exact) mass is 479 g/mol. The van der Waals surface area contributed by atoms with Gasteiger partial charge in [0.2, 0.25) is 11.4 Å². The molecule has 0 atom stereocenters. The van der Waals surface area contributed by atoms with Crippen LogP contribution in [-0.2, 0) is 4.79 Å². The van der Waals surface area contributed by atoms with Gasteiger partial charge in [0.1, 0.15) is 5.75 Å². The Bertz CT molecular complexity index is 1180. The largest absolute Gasteiger partial charge is 0.494 e. The van der Waals surface area contributed by atoms with Crippen LogP contribution in [0, 0.1) is 6.92 Å². The van der Waals surface area contributed by atoms with E-state index in [2.05, 4.69) is 30.9 Å². The second kappa shape index (κ2) is 10.1. The second-order valence-electron chi connectivity index (χ2n) is 9.75. The molecule has 7 N–H and O–H groups in total. The van der Waals surface area contributed by atoms with Gasteiger partial charge in [-0.25, -0.2) is 4.98 Å². The smallest absolute Gasteiger partial charge is 0.307 e. The molecule has 0 radical (unpaired) electrons. The van der Waals surface area contributed by atoms with Gasteiger partial charge in [0.05, 0.1) is 12.1 Å². The molecule has 2 fully saturated rings. The molecular formula is C25H35N8O2+. The van der Waals surface area contributed by atoms with Crippen LogP contribution in [0.15, 0.2) is 24.5 Å². The predicted molar refractivity (Wildman–Crippen MR) is 135 cm³/mol. The molecule has 0 bridgehead atoms. The molecule has 1 amide bonds. The van der Waals surface area contributed by atoms with E-state index in [0.717, 1.165) is 53.2 Å². The van der Waals surface area contributed by atoms with Gasteiger partial charge < -0.3 is 26.4 Å². The highest BCUT2D eigenvalue weighted by Gasteiger charge is 2.45. The number of anilines is 3. The van der Waals surface area contributed by atoms with Crippen LogP contribution in [0.2, 0.25) is 0 Å². The lowest BCUT2D eigenvalue weighted by Crippen LogP contribution is -2.43. The molecule has 10 nitrogen and oxygen atoms in total. The number of aromatic amines is 2. The number of ether oxygens (including phenoxy) is 1. The first-order valence-corrected chi connectivity index (χ1v) is 12.6. The van der Waals surface area contributed by atoms with Crippen molar-refractivity contribution in [2.75, 3.05) is 23.8 Å². The molecule has 3 aromatic rings. The van der Waals surface area contributed by atoms with Crippen molar-refractivity contribution in [2.45, 2.75) is 69.9 Å². The molecule has 35 heavy (non-hydrogen) atoms. The summed E-state index contributed by atoms with van der Waals surface area (Å²) >= 11 is 0. The maximum Gasteiger partial charge on any atom is 0.307 e. The molecule has 0 spiro atoms. The van der Waals surface area contributed by atoms with Crippen molar-refractivity contribution in [1.29, 1.82) is 0 Å². The Morgan fingerprint density at radius 1 is 1.26 bits per heavy atom. The molecule has 10 heteroatoms. The zero-order valence-corrected chi connectivity index (χ0v) is 20.2. The van der Waals surface area contributed by atoms with Crippen LogP contribution in [0.5, 0.6) is 5.75 Å². The quantitative estimate of drug-likeness (QED) is 0.281. The van der Waals surface area contributed by atoms with Gasteiger partial charge in [-0.2, -0.15) is 4.98 Å². The molecule has 2 aliphatic rings. The summed E-state index contributed by atoms with van der Waals surface area (Å²) in [6.45, 7) is 3.10. The Kier molecular flexibility index (Phi) is 6.72. The van der Waals surface area contributed by atoms with Crippen LogP contribution in [0.25, 0.3) is 11.2 Å². The average Bonchev–Trinajstić information content (AvgIpc) is 3.43. The van der Waals surface area contributed by atoms with E-state index >= 15 is 0 Å². The summed E-state index contributed by atoms with van der Waals surface area (Å²) < 4.78 is 5.87. The summed E-state index contributed by atoms with van der Waals surface area (Å²) in [4.78, 5) is 27.6. The Hall–Kier alpha value is -3.40. The number of imidazole rings is 1. The number of hydrogen-bond acceptors (Lipinski definition) is 7. The normalized spacial score (nSPS) is 17.2. The number of aromatic nitrogens is 4. The fraction of sp³-hybridized carbons (Fsp3) is 0.520. The molecular weight excluding hydrogens is 444 g/mol. The first kappa shape index (κ1) is 23.3. The van der Waals surface area contributed by atoms with Crippen molar-refractivity contribution in [1.82, 2.24) is 20.3 Å².